The minimum absolute atomic E-state index is 0.325. The average Bonchev–Trinajstić information content (AvgIpc) is 3.06. The van der Waals surface area contributed by atoms with Crippen molar-refractivity contribution >= 4 is 11.3 Å². The van der Waals surface area contributed by atoms with E-state index < -0.39 is 0 Å². The highest BCUT2D eigenvalue weighted by Crippen LogP contribution is 2.47. The smallest absolute Gasteiger partial charge is 0.101 e. The van der Waals surface area contributed by atoms with Crippen LogP contribution in [0, 0.1) is 17.8 Å². The molecule has 4 atom stereocenters. The zero-order valence-electron chi connectivity index (χ0n) is 10.1. The SMILES string of the molecule is OC(CNCC1CC2CCC1C2)c1cccs1. The van der Waals surface area contributed by atoms with Crippen molar-refractivity contribution < 1.29 is 5.11 Å². The van der Waals surface area contributed by atoms with Gasteiger partial charge in [-0.05, 0) is 55.0 Å². The molecule has 2 aliphatic rings. The Kier molecular flexibility index (Phi) is 3.50. The van der Waals surface area contributed by atoms with Crippen LogP contribution in [-0.4, -0.2) is 18.2 Å². The van der Waals surface area contributed by atoms with Gasteiger partial charge in [-0.3, -0.25) is 0 Å². The van der Waals surface area contributed by atoms with Gasteiger partial charge in [-0.15, -0.1) is 11.3 Å². The van der Waals surface area contributed by atoms with E-state index in [0.29, 0.717) is 6.54 Å². The number of rotatable bonds is 5. The minimum Gasteiger partial charge on any atom is -0.386 e. The lowest BCUT2D eigenvalue weighted by atomic mass is 9.89. The lowest BCUT2D eigenvalue weighted by molar-refractivity contribution is 0.173. The fraction of sp³-hybridized carbons (Fsp3) is 0.714. The fourth-order valence-electron chi connectivity index (χ4n) is 3.61. The molecule has 0 aromatic carbocycles. The summed E-state index contributed by atoms with van der Waals surface area (Å²) in [6.45, 7) is 1.80. The molecule has 2 N–H and O–H groups in total. The van der Waals surface area contributed by atoms with Crippen LogP contribution in [0.4, 0.5) is 0 Å². The first-order chi connectivity index (χ1) is 8.33. The summed E-state index contributed by atoms with van der Waals surface area (Å²) in [6, 6.07) is 4.01. The largest absolute Gasteiger partial charge is 0.386 e. The molecular weight excluding hydrogens is 230 g/mol. The van der Waals surface area contributed by atoms with Crippen molar-refractivity contribution in [3.8, 4) is 0 Å². The van der Waals surface area contributed by atoms with Crippen LogP contribution in [0.15, 0.2) is 17.5 Å². The van der Waals surface area contributed by atoms with Crippen LogP contribution in [0.2, 0.25) is 0 Å². The van der Waals surface area contributed by atoms with E-state index in [0.717, 1.165) is 29.2 Å². The third-order valence-corrected chi connectivity index (χ3v) is 5.47. The molecule has 2 fully saturated rings. The molecule has 4 unspecified atom stereocenters. The van der Waals surface area contributed by atoms with Gasteiger partial charge >= 0.3 is 0 Å². The Hall–Kier alpha value is -0.380. The maximum Gasteiger partial charge on any atom is 0.101 e. The molecule has 0 radical (unpaired) electrons. The van der Waals surface area contributed by atoms with Gasteiger partial charge in [-0.2, -0.15) is 0 Å². The second-order valence-electron chi connectivity index (χ2n) is 5.62. The average molecular weight is 251 g/mol. The molecule has 0 aliphatic heterocycles. The molecule has 1 aromatic heterocycles. The summed E-state index contributed by atoms with van der Waals surface area (Å²) in [6.07, 6.45) is 5.49. The highest BCUT2D eigenvalue weighted by Gasteiger charge is 2.38. The molecule has 3 rings (SSSR count). The van der Waals surface area contributed by atoms with Crippen molar-refractivity contribution in [1.29, 1.82) is 0 Å². The van der Waals surface area contributed by atoms with E-state index in [4.69, 9.17) is 0 Å². The molecular formula is C14H21NOS. The standard InChI is InChI=1S/C14H21NOS/c16-13(14-2-1-5-17-14)9-15-8-12-7-10-3-4-11(12)6-10/h1-2,5,10-13,15-16H,3-4,6-9H2. The second kappa shape index (κ2) is 5.09. The molecule has 1 aromatic rings. The van der Waals surface area contributed by atoms with Gasteiger partial charge in [-0.1, -0.05) is 12.5 Å². The molecule has 0 saturated heterocycles. The molecule has 17 heavy (non-hydrogen) atoms. The van der Waals surface area contributed by atoms with E-state index in [1.54, 1.807) is 11.3 Å². The third kappa shape index (κ3) is 2.56. The highest BCUT2D eigenvalue weighted by atomic mass is 32.1. The van der Waals surface area contributed by atoms with E-state index in [-0.39, 0.29) is 6.10 Å². The van der Waals surface area contributed by atoms with Gasteiger partial charge in [0.1, 0.15) is 6.10 Å². The molecule has 1 heterocycles. The first-order valence-electron chi connectivity index (χ1n) is 6.75. The summed E-state index contributed by atoms with van der Waals surface area (Å²) in [5.41, 5.74) is 0. The first-order valence-corrected chi connectivity index (χ1v) is 7.63. The lowest BCUT2D eigenvalue weighted by Crippen LogP contribution is -2.29. The van der Waals surface area contributed by atoms with Gasteiger partial charge < -0.3 is 10.4 Å². The van der Waals surface area contributed by atoms with Gasteiger partial charge in [0.2, 0.25) is 0 Å². The van der Waals surface area contributed by atoms with E-state index in [1.807, 2.05) is 17.5 Å². The van der Waals surface area contributed by atoms with Crippen LogP contribution in [0.25, 0.3) is 0 Å². The molecule has 94 valence electrons. The van der Waals surface area contributed by atoms with E-state index in [2.05, 4.69) is 5.32 Å². The molecule has 2 bridgehead atoms. The number of nitrogens with one attached hydrogen (secondary N) is 1. The molecule has 2 aliphatic carbocycles. The zero-order valence-corrected chi connectivity index (χ0v) is 11.0. The lowest BCUT2D eigenvalue weighted by Gasteiger charge is -2.22. The van der Waals surface area contributed by atoms with E-state index in [9.17, 15) is 5.11 Å². The van der Waals surface area contributed by atoms with Crippen LogP contribution in [0.3, 0.4) is 0 Å². The van der Waals surface area contributed by atoms with Crippen molar-refractivity contribution in [2.24, 2.45) is 17.8 Å². The van der Waals surface area contributed by atoms with Gasteiger partial charge in [-0.25, -0.2) is 0 Å². The summed E-state index contributed by atoms with van der Waals surface area (Å²) in [5, 5.41) is 15.4. The number of fused-ring (bicyclic) bond motifs is 2. The molecule has 2 saturated carbocycles. The van der Waals surface area contributed by atoms with Crippen molar-refractivity contribution in [2.75, 3.05) is 13.1 Å². The maximum absolute atomic E-state index is 9.96. The van der Waals surface area contributed by atoms with E-state index >= 15 is 0 Å². The minimum atomic E-state index is -0.325. The Morgan fingerprint density at radius 1 is 1.41 bits per heavy atom. The van der Waals surface area contributed by atoms with Crippen LogP contribution < -0.4 is 5.32 Å². The number of thiophene rings is 1. The monoisotopic (exact) mass is 251 g/mol. The van der Waals surface area contributed by atoms with Crippen molar-refractivity contribution in [1.82, 2.24) is 5.32 Å². The number of hydrogen-bond acceptors (Lipinski definition) is 3. The quantitative estimate of drug-likeness (QED) is 0.843. The summed E-state index contributed by atoms with van der Waals surface area (Å²) in [7, 11) is 0. The zero-order chi connectivity index (χ0) is 11.7. The summed E-state index contributed by atoms with van der Waals surface area (Å²) in [4.78, 5) is 1.07. The van der Waals surface area contributed by atoms with Gasteiger partial charge in [0, 0.05) is 11.4 Å². The normalized spacial score (nSPS) is 33.1. The molecule has 0 spiro atoms. The summed E-state index contributed by atoms with van der Waals surface area (Å²) < 4.78 is 0. The van der Waals surface area contributed by atoms with E-state index in [1.165, 1.54) is 25.7 Å². The Labute approximate surface area is 107 Å². The topological polar surface area (TPSA) is 32.3 Å². The van der Waals surface area contributed by atoms with Crippen LogP contribution in [0.1, 0.15) is 36.7 Å². The Morgan fingerprint density at radius 2 is 2.35 bits per heavy atom. The van der Waals surface area contributed by atoms with Crippen LogP contribution in [-0.2, 0) is 0 Å². The summed E-state index contributed by atoms with van der Waals surface area (Å²) >= 11 is 1.64. The molecule has 2 nitrogen and oxygen atoms in total. The number of hydrogen-bond donors (Lipinski definition) is 2. The predicted octanol–water partition coefficient (Wildman–Crippen LogP) is 2.81. The van der Waals surface area contributed by atoms with Crippen LogP contribution in [0.5, 0.6) is 0 Å². The maximum atomic E-state index is 9.96. The van der Waals surface area contributed by atoms with Gasteiger partial charge in [0.25, 0.3) is 0 Å². The highest BCUT2D eigenvalue weighted by molar-refractivity contribution is 7.10. The molecule has 3 heteroatoms. The first kappa shape index (κ1) is 11.7. The van der Waals surface area contributed by atoms with Crippen molar-refractivity contribution in [2.45, 2.75) is 31.8 Å². The number of aliphatic hydroxyl groups is 1. The predicted molar refractivity (Wildman–Crippen MR) is 71.1 cm³/mol. The fourth-order valence-corrected chi connectivity index (χ4v) is 4.33. The van der Waals surface area contributed by atoms with Crippen LogP contribution >= 0.6 is 11.3 Å². The van der Waals surface area contributed by atoms with Crippen molar-refractivity contribution in [3.05, 3.63) is 22.4 Å². The Morgan fingerprint density at radius 3 is 3.00 bits per heavy atom. The second-order valence-corrected chi connectivity index (χ2v) is 6.60. The third-order valence-electron chi connectivity index (χ3n) is 4.50. The number of aliphatic hydroxyl groups excluding tert-OH is 1. The van der Waals surface area contributed by atoms with Crippen molar-refractivity contribution in [3.63, 3.8) is 0 Å². The van der Waals surface area contributed by atoms with Gasteiger partial charge in [0.05, 0.1) is 0 Å². The summed E-state index contributed by atoms with van der Waals surface area (Å²) in [5.74, 6) is 2.88. The molecule has 0 amide bonds. The Balaban J connectivity index is 1.41. The Bertz CT molecular complexity index is 351. The van der Waals surface area contributed by atoms with Gasteiger partial charge in [0.15, 0.2) is 0 Å².